The molecule has 1 heterocycles. The maximum atomic E-state index is 10.4. The van der Waals surface area contributed by atoms with Gasteiger partial charge < -0.3 is 9.94 Å². The predicted molar refractivity (Wildman–Crippen MR) is 41.7 cm³/mol. The highest BCUT2D eigenvalue weighted by Crippen LogP contribution is 2.00. The number of carbonyl (C=O) groups is 2. The Hall–Kier alpha value is -1.85. The average Bonchev–Trinajstić information content (AvgIpc) is 2.48. The molecule has 70 valence electrons. The highest BCUT2D eigenvalue weighted by atomic mass is 16.7. The zero-order valence-electron chi connectivity index (χ0n) is 6.93. The van der Waals surface area contributed by atoms with E-state index in [2.05, 4.69) is 5.10 Å². The molecule has 1 N–H and O–H groups in total. The average molecular weight is 184 g/mol. The number of rotatable bonds is 4. The Morgan fingerprint density at radius 1 is 1.85 bits per heavy atom. The van der Waals surface area contributed by atoms with Crippen LogP contribution in [0.3, 0.4) is 0 Å². The van der Waals surface area contributed by atoms with E-state index >= 15 is 0 Å². The van der Waals surface area contributed by atoms with Crippen LogP contribution in [0.1, 0.15) is 27.9 Å². The van der Waals surface area contributed by atoms with Crippen molar-refractivity contribution in [3.63, 3.8) is 0 Å². The molecule has 0 unspecified atom stereocenters. The SMILES string of the molecule is CCOn1nc(C(=O)O)cc1C=O. The second kappa shape index (κ2) is 3.70. The lowest BCUT2D eigenvalue weighted by atomic mass is 10.4. The van der Waals surface area contributed by atoms with Crippen LogP contribution in [0.4, 0.5) is 0 Å². The number of hydrogen-bond donors (Lipinski definition) is 1. The van der Waals surface area contributed by atoms with E-state index in [1.165, 1.54) is 0 Å². The van der Waals surface area contributed by atoms with Gasteiger partial charge in [-0.2, -0.15) is 0 Å². The molecule has 0 amide bonds. The Balaban J connectivity index is 3.03. The van der Waals surface area contributed by atoms with Crippen molar-refractivity contribution < 1.29 is 19.5 Å². The van der Waals surface area contributed by atoms with Crippen molar-refractivity contribution in [2.45, 2.75) is 6.92 Å². The first kappa shape index (κ1) is 9.24. The number of aromatic carboxylic acids is 1. The molecule has 13 heavy (non-hydrogen) atoms. The summed E-state index contributed by atoms with van der Waals surface area (Å²) in [5.74, 6) is -1.19. The van der Waals surface area contributed by atoms with E-state index in [4.69, 9.17) is 9.94 Å². The number of nitrogens with zero attached hydrogens (tertiary/aromatic N) is 2. The number of hydrogen-bond acceptors (Lipinski definition) is 4. The van der Waals surface area contributed by atoms with E-state index in [1.54, 1.807) is 6.92 Å². The number of aldehydes is 1. The molecular formula is C7H8N2O4. The maximum absolute atomic E-state index is 10.4. The molecule has 1 aromatic heterocycles. The lowest BCUT2D eigenvalue weighted by Gasteiger charge is -2.01. The van der Waals surface area contributed by atoms with Crippen LogP contribution in [0.15, 0.2) is 6.07 Å². The summed E-state index contributed by atoms with van der Waals surface area (Å²) in [6.07, 6.45) is 0.481. The lowest BCUT2D eigenvalue weighted by molar-refractivity contribution is 0.0649. The minimum absolute atomic E-state index is 0.0826. The van der Waals surface area contributed by atoms with Crippen LogP contribution >= 0.6 is 0 Å². The molecule has 0 aliphatic rings. The van der Waals surface area contributed by atoms with E-state index in [0.29, 0.717) is 12.9 Å². The predicted octanol–water partition coefficient (Wildman–Crippen LogP) is -0.158. The van der Waals surface area contributed by atoms with Gasteiger partial charge in [0, 0.05) is 6.07 Å². The van der Waals surface area contributed by atoms with Gasteiger partial charge in [0.1, 0.15) is 12.3 Å². The summed E-state index contributed by atoms with van der Waals surface area (Å²) in [5, 5.41) is 12.1. The van der Waals surface area contributed by atoms with Crippen LogP contribution in [0.5, 0.6) is 0 Å². The number of aromatic nitrogens is 2. The first-order valence-electron chi connectivity index (χ1n) is 3.61. The van der Waals surface area contributed by atoms with Crippen molar-refractivity contribution in [1.82, 2.24) is 9.94 Å². The van der Waals surface area contributed by atoms with E-state index in [1.807, 2.05) is 0 Å². The molecule has 0 atom stereocenters. The summed E-state index contributed by atoms with van der Waals surface area (Å²) in [7, 11) is 0. The Morgan fingerprint density at radius 2 is 2.54 bits per heavy atom. The van der Waals surface area contributed by atoms with Crippen molar-refractivity contribution >= 4 is 12.3 Å². The first-order chi connectivity index (χ1) is 6.19. The first-order valence-corrected chi connectivity index (χ1v) is 3.61. The largest absolute Gasteiger partial charge is 0.476 e. The molecule has 6 heteroatoms. The number of carboxylic acid groups (broad SMARTS) is 1. The molecule has 6 nitrogen and oxygen atoms in total. The normalized spacial score (nSPS) is 9.62. The van der Waals surface area contributed by atoms with Crippen molar-refractivity contribution in [2.24, 2.45) is 0 Å². The Bertz CT molecular complexity index is 331. The zero-order valence-corrected chi connectivity index (χ0v) is 6.93. The van der Waals surface area contributed by atoms with Gasteiger partial charge >= 0.3 is 5.97 Å². The molecule has 1 aromatic rings. The topological polar surface area (TPSA) is 81.4 Å². The molecule has 0 aliphatic heterocycles. The van der Waals surface area contributed by atoms with Gasteiger partial charge in [0.15, 0.2) is 12.0 Å². The summed E-state index contributed by atoms with van der Waals surface area (Å²) < 4.78 is 0. The summed E-state index contributed by atoms with van der Waals surface area (Å²) in [5.41, 5.74) is -0.130. The quantitative estimate of drug-likeness (QED) is 0.657. The highest BCUT2D eigenvalue weighted by Gasteiger charge is 2.12. The summed E-state index contributed by atoms with van der Waals surface area (Å²) in [6.45, 7) is 2.01. The fourth-order valence-electron chi connectivity index (χ4n) is 0.789. The molecule has 0 aromatic carbocycles. The van der Waals surface area contributed by atoms with Crippen LogP contribution in [0.2, 0.25) is 0 Å². The maximum Gasteiger partial charge on any atom is 0.356 e. The second-order valence-corrected chi connectivity index (χ2v) is 2.17. The molecule has 0 spiro atoms. The van der Waals surface area contributed by atoms with Crippen LogP contribution in [-0.2, 0) is 0 Å². The van der Waals surface area contributed by atoms with Crippen LogP contribution in [0, 0.1) is 0 Å². The van der Waals surface area contributed by atoms with Gasteiger partial charge in [-0.25, -0.2) is 4.79 Å². The minimum Gasteiger partial charge on any atom is -0.476 e. The summed E-state index contributed by atoms with van der Waals surface area (Å²) in [4.78, 5) is 26.6. The smallest absolute Gasteiger partial charge is 0.356 e. The summed E-state index contributed by atoms with van der Waals surface area (Å²) in [6, 6.07) is 1.14. The van der Waals surface area contributed by atoms with Crippen molar-refractivity contribution in [1.29, 1.82) is 0 Å². The van der Waals surface area contributed by atoms with E-state index in [0.717, 1.165) is 10.9 Å². The van der Waals surface area contributed by atoms with E-state index in [-0.39, 0.29) is 11.4 Å². The minimum atomic E-state index is -1.19. The third-order valence-electron chi connectivity index (χ3n) is 1.30. The molecular weight excluding hydrogens is 176 g/mol. The van der Waals surface area contributed by atoms with E-state index in [9.17, 15) is 9.59 Å². The van der Waals surface area contributed by atoms with Crippen LogP contribution < -0.4 is 4.84 Å². The van der Waals surface area contributed by atoms with Gasteiger partial charge in [-0.05, 0) is 6.92 Å². The van der Waals surface area contributed by atoms with Crippen molar-refractivity contribution in [2.75, 3.05) is 6.61 Å². The van der Waals surface area contributed by atoms with E-state index < -0.39 is 5.97 Å². The van der Waals surface area contributed by atoms with Gasteiger partial charge in [0.05, 0.1) is 0 Å². The van der Waals surface area contributed by atoms with Crippen LogP contribution in [-0.4, -0.2) is 33.9 Å². The Kier molecular flexibility index (Phi) is 2.63. The third-order valence-corrected chi connectivity index (χ3v) is 1.30. The zero-order chi connectivity index (χ0) is 9.84. The molecule has 0 saturated heterocycles. The number of carbonyl (C=O) groups excluding carboxylic acids is 1. The molecule has 0 aliphatic carbocycles. The monoisotopic (exact) mass is 184 g/mol. The molecule has 0 radical (unpaired) electrons. The second-order valence-electron chi connectivity index (χ2n) is 2.17. The number of carboxylic acids is 1. The Labute approximate surface area is 73.7 Å². The van der Waals surface area contributed by atoms with Gasteiger partial charge in [0.2, 0.25) is 0 Å². The fourth-order valence-corrected chi connectivity index (χ4v) is 0.789. The van der Waals surface area contributed by atoms with Crippen LogP contribution in [0.25, 0.3) is 0 Å². The fraction of sp³-hybridized carbons (Fsp3) is 0.286. The molecule has 1 rings (SSSR count). The lowest BCUT2D eigenvalue weighted by Crippen LogP contribution is -2.15. The standard InChI is InChI=1S/C7H8N2O4/c1-2-13-9-5(4-10)3-6(8-9)7(11)12/h3-4H,2H2,1H3,(H,11,12). The van der Waals surface area contributed by atoms with Gasteiger partial charge in [-0.15, -0.1) is 5.10 Å². The third kappa shape index (κ3) is 1.84. The van der Waals surface area contributed by atoms with Crippen molar-refractivity contribution in [3.8, 4) is 0 Å². The molecule has 0 fully saturated rings. The van der Waals surface area contributed by atoms with Gasteiger partial charge in [-0.3, -0.25) is 4.79 Å². The highest BCUT2D eigenvalue weighted by molar-refractivity contribution is 5.87. The van der Waals surface area contributed by atoms with Gasteiger partial charge in [-0.1, -0.05) is 4.85 Å². The molecule has 0 saturated carbocycles. The van der Waals surface area contributed by atoms with Crippen molar-refractivity contribution in [3.05, 3.63) is 17.5 Å². The molecule has 0 bridgehead atoms. The Morgan fingerprint density at radius 3 is 3.00 bits per heavy atom. The summed E-state index contributed by atoms with van der Waals surface area (Å²) >= 11 is 0. The van der Waals surface area contributed by atoms with Gasteiger partial charge in [0.25, 0.3) is 0 Å².